The Morgan fingerprint density at radius 3 is 2.07 bits per heavy atom. The van der Waals surface area contributed by atoms with E-state index in [-0.39, 0.29) is 29.0 Å². The van der Waals surface area contributed by atoms with Gasteiger partial charge < -0.3 is 10.6 Å². The highest BCUT2D eigenvalue weighted by molar-refractivity contribution is 7.89. The number of aryl methyl sites for hydroxylation is 2. The summed E-state index contributed by atoms with van der Waals surface area (Å²) in [6, 6.07) is 11.2. The summed E-state index contributed by atoms with van der Waals surface area (Å²) in [4.78, 5) is 24.6. The van der Waals surface area contributed by atoms with E-state index >= 15 is 0 Å². The van der Waals surface area contributed by atoms with Crippen LogP contribution >= 0.6 is 0 Å². The molecule has 2 N–H and O–H groups in total. The van der Waals surface area contributed by atoms with E-state index in [0.29, 0.717) is 0 Å². The number of carbonyl (C=O) groups excluding carboxylic acids is 2. The van der Waals surface area contributed by atoms with Gasteiger partial charge in [0.25, 0.3) is 5.91 Å². The van der Waals surface area contributed by atoms with Crippen LogP contribution in [0.4, 0.5) is 5.69 Å². The van der Waals surface area contributed by atoms with E-state index in [1.165, 1.54) is 35.6 Å². The zero-order chi connectivity index (χ0) is 21.8. The van der Waals surface area contributed by atoms with E-state index in [1.807, 2.05) is 32.0 Å². The first-order valence-corrected chi connectivity index (χ1v) is 10.7. The van der Waals surface area contributed by atoms with E-state index in [4.69, 9.17) is 0 Å². The molecule has 0 aliphatic rings. The van der Waals surface area contributed by atoms with Gasteiger partial charge in [0, 0.05) is 24.3 Å². The average molecular weight is 418 g/mol. The number of hydrogen-bond acceptors (Lipinski definition) is 4. The van der Waals surface area contributed by atoms with Crippen molar-refractivity contribution in [3.63, 3.8) is 0 Å². The number of rotatable bonds is 7. The van der Waals surface area contributed by atoms with Crippen LogP contribution in [0.5, 0.6) is 0 Å². The molecule has 29 heavy (non-hydrogen) atoms. The summed E-state index contributed by atoms with van der Waals surface area (Å²) in [5.74, 6) is -0.795. The second-order valence-electron chi connectivity index (χ2n) is 7.14. The van der Waals surface area contributed by atoms with Crippen LogP contribution in [0.2, 0.25) is 0 Å². The van der Waals surface area contributed by atoms with Gasteiger partial charge in [0.2, 0.25) is 15.9 Å². The third-order valence-electron chi connectivity index (χ3n) is 4.68. The van der Waals surface area contributed by atoms with Crippen LogP contribution in [0.25, 0.3) is 0 Å². The van der Waals surface area contributed by atoms with E-state index in [9.17, 15) is 18.0 Å². The molecule has 0 heterocycles. The normalized spacial score (nSPS) is 11.6. The van der Waals surface area contributed by atoms with Gasteiger partial charge in [-0.1, -0.05) is 18.2 Å². The summed E-state index contributed by atoms with van der Waals surface area (Å²) < 4.78 is 26.2. The van der Waals surface area contributed by atoms with Crippen LogP contribution in [0.1, 0.15) is 35.3 Å². The van der Waals surface area contributed by atoms with Crippen molar-refractivity contribution >= 4 is 27.5 Å². The van der Waals surface area contributed by atoms with E-state index in [0.717, 1.165) is 16.8 Å². The highest BCUT2D eigenvalue weighted by Crippen LogP contribution is 2.19. The van der Waals surface area contributed by atoms with Crippen LogP contribution < -0.4 is 10.6 Å². The first kappa shape index (κ1) is 22.6. The van der Waals surface area contributed by atoms with Gasteiger partial charge >= 0.3 is 0 Å². The molecule has 0 aliphatic carbocycles. The van der Waals surface area contributed by atoms with Gasteiger partial charge in [-0.15, -0.1) is 0 Å². The van der Waals surface area contributed by atoms with Gasteiger partial charge in [-0.3, -0.25) is 9.59 Å². The minimum Gasteiger partial charge on any atom is -0.343 e. The summed E-state index contributed by atoms with van der Waals surface area (Å²) in [7, 11) is -2.10. The lowest BCUT2D eigenvalue weighted by atomic mass is 10.1. The third-order valence-corrected chi connectivity index (χ3v) is 6.72. The Bertz CT molecular complexity index is 979. The molecule has 2 rings (SSSR count). The van der Waals surface area contributed by atoms with E-state index in [2.05, 4.69) is 10.6 Å². The Kier molecular flexibility index (Phi) is 7.16. The molecule has 0 atom stereocenters. The molecule has 8 heteroatoms. The third kappa shape index (κ3) is 5.42. The SMILES string of the molecule is Cc1cccc(C)c1NC(=O)CNC(=O)c1ccc(S(=O)(=O)N(C)C(C)C)cc1. The summed E-state index contributed by atoms with van der Waals surface area (Å²) in [6.45, 7) is 7.16. The molecule has 2 amide bonds. The molecule has 7 nitrogen and oxygen atoms in total. The molecule has 0 aliphatic heterocycles. The summed E-state index contributed by atoms with van der Waals surface area (Å²) >= 11 is 0. The number of benzene rings is 2. The number of hydrogen-bond donors (Lipinski definition) is 2. The molecule has 0 radical (unpaired) electrons. The van der Waals surface area contributed by atoms with Crippen LogP contribution in [0.15, 0.2) is 47.4 Å². The van der Waals surface area contributed by atoms with Gasteiger partial charge in [-0.25, -0.2) is 8.42 Å². The number of para-hydroxylation sites is 1. The zero-order valence-corrected chi connectivity index (χ0v) is 18.1. The van der Waals surface area contributed by atoms with Crippen molar-refractivity contribution in [1.82, 2.24) is 9.62 Å². The standard InChI is InChI=1S/C21H27N3O4S/c1-14(2)24(5)29(27,28)18-11-9-17(10-12-18)21(26)22-13-19(25)23-20-15(3)7-6-8-16(20)4/h6-12,14H,13H2,1-5H3,(H,22,26)(H,23,25). The molecule has 0 aromatic heterocycles. The fraction of sp³-hybridized carbons (Fsp3) is 0.333. The second kappa shape index (κ2) is 9.19. The van der Waals surface area contributed by atoms with Crippen molar-refractivity contribution in [1.29, 1.82) is 0 Å². The maximum absolute atomic E-state index is 12.5. The quantitative estimate of drug-likeness (QED) is 0.724. The lowest BCUT2D eigenvalue weighted by molar-refractivity contribution is -0.115. The molecule has 0 bridgehead atoms. The molecular formula is C21H27N3O4S. The number of anilines is 1. The molecule has 2 aromatic rings. The van der Waals surface area contributed by atoms with Crippen LogP contribution in [0.3, 0.4) is 0 Å². The van der Waals surface area contributed by atoms with Gasteiger partial charge in [0.05, 0.1) is 11.4 Å². The van der Waals surface area contributed by atoms with Gasteiger partial charge in [0.1, 0.15) is 0 Å². The number of nitrogens with one attached hydrogen (secondary N) is 2. The highest BCUT2D eigenvalue weighted by Gasteiger charge is 2.23. The highest BCUT2D eigenvalue weighted by atomic mass is 32.2. The molecule has 2 aromatic carbocycles. The monoisotopic (exact) mass is 417 g/mol. The summed E-state index contributed by atoms with van der Waals surface area (Å²) in [5.41, 5.74) is 2.88. The second-order valence-corrected chi connectivity index (χ2v) is 9.13. The van der Waals surface area contributed by atoms with Gasteiger partial charge in [0.15, 0.2) is 0 Å². The van der Waals surface area contributed by atoms with E-state index < -0.39 is 15.9 Å². The maximum atomic E-state index is 12.5. The molecule has 0 unspecified atom stereocenters. The van der Waals surface area contributed by atoms with Crippen molar-refractivity contribution in [2.24, 2.45) is 0 Å². The van der Waals surface area contributed by atoms with Crippen molar-refractivity contribution in [2.75, 3.05) is 18.9 Å². The lowest BCUT2D eigenvalue weighted by Gasteiger charge is -2.21. The summed E-state index contributed by atoms with van der Waals surface area (Å²) in [5, 5.41) is 5.35. The predicted molar refractivity (Wildman–Crippen MR) is 113 cm³/mol. The fourth-order valence-corrected chi connectivity index (χ4v) is 4.05. The molecule has 0 saturated carbocycles. The largest absolute Gasteiger partial charge is 0.343 e. The average Bonchev–Trinajstić information content (AvgIpc) is 2.68. The predicted octanol–water partition coefficient (Wildman–Crippen LogP) is 2.70. The summed E-state index contributed by atoms with van der Waals surface area (Å²) in [6.07, 6.45) is 0. The molecule has 0 saturated heterocycles. The molecule has 156 valence electrons. The fourth-order valence-electron chi connectivity index (χ4n) is 2.68. The van der Waals surface area contributed by atoms with Crippen molar-refractivity contribution in [2.45, 2.75) is 38.6 Å². The topological polar surface area (TPSA) is 95.6 Å². The molecule has 0 spiro atoms. The Morgan fingerprint density at radius 2 is 1.55 bits per heavy atom. The first-order valence-electron chi connectivity index (χ1n) is 9.26. The van der Waals surface area contributed by atoms with Crippen molar-refractivity contribution in [3.8, 4) is 0 Å². The number of sulfonamides is 1. The first-order chi connectivity index (χ1) is 13.5. The Hall–Kier alpha value is -2.71. The number of carbonyl (C=O) groups is 2. The molecule has 0 fully saturated rings. The smallest absolute Gasteiger partial charge is 0.251 e. The Morgan fingerprint density at radius 1 is 1.00 bits per heavy atom. The van der Waals surface area contributed by atoms with Crippen LogP contribution in [-0.4, -0.2) is 44.2 Å². The Balaban J connectivity index is 2.00. The van der Waals surface area contributed by atoms with Crippen LogP contribution in [-0.2, 0) is 14.8 Å². The maximum Gasteiger partial charge on any atom is 0.251 e. The van der Waals surface area contributed by atoms with Crippen molar-refractivity contribution < 1.29 is 18.0 Å². The van der Waals surface area contributed by atoms with Gasteiger partial charge in [-0.05, 0) is 63.1 Å². The minimum absolute atomic E-state index is 0.109. The number of amides is 2. The minimum atomic E-state index is -3.61. The van der Waals surface area contributed by atoms with Crippen LogP contribution in [0, 0.1) is 13.8 Å². The molecular weight excluding hydrogens is 390 g/mol. The lowest BCUT2D eigenvalue weighted by Crippen LogP contribution is -2.34. The van der Waals surface area contributed by atoms with E-state index in [1.54, 1.807) is 13.8 Å². The van der Waals surface area contributed by atoms with Gasteiger partial charge in [-0.2, -0.15) is 4.31 Å². The zero-order valence-electron chi connectivity index (χ0n) is 17.3. The Labute approximate surface area is 172 Å². The number of nitrogens with zero attached hydrogens (tertiary/aromatic N) is 1. The van der Waals surface area contributed by atoms with Crippen molar-refractivity contribution in [3.05, 3.63) is 59.2 Å².